The first-order chi connectivity index (χ1) is 10.9. The monoisotopic (exact) mass is 322 g/mol. The molecule has 2 rings (SSSR count). The summed E-state index contributed by atoms with van der Waals surface area (Å²) in [4.78, 5) is 0. The number of hydrogen-bond acceptors (Lipinski definition) is 2. The largest absolute Gasteiger partial charge is 0.497 e. The van der Waals surface area contributed by atoms with Gasteiger partial charge < -0.3 is 9.47 Å². The van der Waals surface area contributed by atoms with Crippen LogP contribution in [0.5, 0.6) is 11.5 Å². The van der Waals surface area contributed by atoms with Crippen LogP contribution in [-0.4, -0.2) is 20.4 Å². The second-order valence-electron chi connectivity index (χ2n) is 4.93. The van der Waals surface area contributed by atoms with E-state index in [-0.39, 0.29) is 6.08 Å². The Labute approximate surface area is 133 Å². The summed E-state index contributed by atoms with van der Waals surface area (Å²) in [5.41, 5.74) is 1.45. The summed E-state index contributed by atoms with van der Waals surface area (Å²) < 4.78 is 48.0. The van der Waals surface area contributed by atoms with Crippen molar-refractivity contribution in [3.05, 3.63) is 71.8 Å². The molecule has 0 spiro atoms. The minimum atomic E-state index is -4.36. The molecule has 0 aliphatic rings. The molecular weight excluding hydrogens is 305 g/mol. The topological polar surface area (TPSA) is 18.5 Å². The van der Waals surface area contributed by atoms with Gasteiger partial charge in [-0.15, -0.1) is 0 Å². The number of methoxy groups -OCH3 is 2. The van der Waals surface area contributed by atoms with Crippen molar-refractivity contribution >= 4 is 0 Å². The Morgan fingerprint density at radius 2 is 1.52 bits per heavy atom. The third kappa shape index (κ3) is 4.77. The van der Waals surface area contributed by atoms with Gasteiger partial charge in [0.1, 0.15) is 11.5 Å². The molecule has 0 saturated carbocycles. The van der Waals surface area contributed by atoms with Crippen molar-refractivity contribution in [1.82, 2.24) is 0 Å². The van der Waals surface area contributed by atoms with E-state index in [9.17, 15) is 13.2 Å². The molecule has 0 radical (unpaired) electrons. The van der Waals surface area contributed by atoms with Gasteiger partial charge in [0.15, 0.2) is 0 Å². The standard InChI is InChI=1S/C18H17F3O2/c1-22-15-8-6-13(7-9-15)17(10-11-18(19,20)21)14-4-3-5-16(12-14)23-2/h3-12,17H,1-2H3/b11-10+. The van der Waals surface area contributed by atoms with E-state index < -0.39 is 12.1 Å². The van der Waals surface area contributed by atoms with Crippen LogP contribution in [-0.2, 0) is 0 Å². The van der Waals surface area contributed by atoms with Crippen LogP contribution in [0.4, 0.5) is 13.2 Å². The molecule has 2 nitrogen and oxygen atoms in total. The molecule has 5 heteroatoms. The summed E-state index contributed by atoms with van der Waals surface area (Å²) in [5, 5.41) is 0. The summed E-state index contributed by atoms with van der Waals surface area (Å²) >= 11 is 0. The van der Waals surface area contributed by atoms with E-state index >= 15 is 0 Å². The molecule has 0 bridgehead atoms. The van der Waals surface area contributed by atoms with Crippen molar-refractivity contribution in [1.29, 1.82) is 0 Å². The molecule has 1 atom stereocenters. The van der Waals surface area contributed by atoms with E-state index in [0.717, 1.165) is 17.2 Å². The van der Waals surface area contributed by atoms with E-state index in [1.54, 1.807) is 48.5 Å². The lowest BCUT2D eigenvalue weighted by molar-refractivity contribution is -0.0800. The summed E-state index contributed by atoms with van der Waals surface area (Å²) in [7, 11) is 3.06. The molecule has 2 aromatic rings. The molecule has 2 aromatic carbocycles. The highest BCUT2D eigenvalue weighted by molar-refractivity contribution is 5.42. The molecule has 0 aliphatic heterocycles. The Morgan fingerprint density at radius 1 is 0.870 bits per heavy atom. The SMILES string of the molecule is COc1ccc(C(/C=C/C(F)(F)F)c2cccc(OC)c2)cc1. The third-order valence-corrected chi connectivity index (χ3v) is 3.41. The number of rotatable bonds is 5. The molecule has 23 heavy (non-hydrogen) atoms. The number of benzene rings is 2. The molecule has 1 unspecified atom stereocenters. The van der Waals surface area contributed by atoms with Crippen molar-refractivity contribution < 1.29 is 22.6 Å². The van der Waals surface area contributed by atoms with Gasteiger partial charge >= 0.3 is 6.18 Å². The highest BCUT2D eigenvalue weighted by Crippen LogP contribution is 2.31. The minimum Gasteiger partial charge on any atom is -0.497 e. The minimum absolute atomic E-state index is 0.265. The number of halogens is 3. The van der Waals surface area contributed by atoms with E-state index in [1.165, 1.54) is 14.2 Å². The number of alkyl halides is 3. The molecule has 0 N–H and O–H groups in total. The van der Waals surface area contributed by atoms with Crippen molar-refractivity contribution in [3.63, 3.8) is 0 Å². The van der Waals surface area contributed by atoms with Gasteiger partial charge in [0.05, 0.1) is 14.2 Å². The van der Waals surface area contributed by atoms with Gasteiger partial charge in [0.25, 0.3) is 0 Å². The zero-order valence-corrected chi connectivity index (χ0v) is 12.8. The second kappa shape index (κ2) is 7.22. The van der Waals surface area contributed by atoms with Crippen LogP contribution < -0.4 is 9.47 Å². The lowest BCUT2D eigenvalue weighted by Crippen LogP contribution is -2.04. The average Bonchev–Trinajstić information content (AvgIpc) is 2.55. The van der Waals surface area contributed by atoms with Gasteiger partial charge in [-0.3, -0.25) is 0 Å². The second-order valence-corrected chi connectivity index (χ2v) is 4.93. The first kappa shape index (κ1) is 16.9. The van der Waals surface area contributed by atoms with Gasteiger partial charge in [-0.05, 0) is 35.4 Å². The van der Waals surface area contributed by atoms with Crippen LogP contribution in [0.2, 0.25) is 0 Å². The van der Waals surface area contributed by atoms with Gasteiger partial charge in [0, 0.05) is 12.0 Å². The first-order valence-electron chi connectivity index (χ1n) is 6.97. The van der Waals surface area contributed by atoms with Crippen LogP contribution in [0, 0.1) is 0 Å². The summed E-state index contributed by atoms with van der Waals surface area (Å²) in [6, 6.07) is 14.0. The molecule has 0 fully saturated rings. The smallest absolute Gasteiger partial charge is 0.409 e. The number of allylic oxidation sites excluding steroid dienone is 2. The normalized spacial score (nSPS) is 13.1. The Balaban J connectivity index is 2.43. The van der Waals surface area contributed by atoms with E-state index in [0.29, 0.717) is 11.5 Å². The maximum Gasteiger partial charge on any atom is 0.409 e. The lowest BCUT2D eigenvalue weighted by atomic mass is 9.90. The van der Waals surface area contributed by atoms with Crippen LogP contribution in [0.25, 0.3) is 0 Å². The Bertz CT molecular complexity index is 661. The highest BCUT2D eigenvalue weighted by Gasteiger charge is 2.23. The fraction of sp³-hybridized carbons (Fsp3) is 0.222. The molecule has 122 valence electrons. The van der Waals surface area contributed by atoms with Crippen LogP contribution in [0.1, 0.15) is 17.0 Å². The van der Waals surface area contributed by atoms with Gasteiger partial charge in [-0.25, -0.2) is 0 Å². The average molecular weight is 322 g/mol. The molecule has 0 aliphatic carbocycles. The zero-order valence-electron chi connectivity index (χ0n) is 12.8. The zero-order chi connectivity index (χ0) is 16.9. The molecule has 0 saturated heterocycles. The van der Waals surface area contributed by atoms with Gasteiger partial charge in [0.2, 0.25) is 0 Å². The first-order valence-corrected chi connectivity index (χ1v) is 6.97. The fourth-order valence-corrected chi connectivity index (χ4v) is 2.27. The molecular formula is C18H17F3O2. The van der Waals surface area contributed by atoms with Crippen molar-refractivity contribution in [2.45, 2.75) is 12.1 Å². The lowest BCUT2D eigenvalue weighted by Gasteiger charge is -2.16. The molecule has 0 aromatic heterocycles. The van der Waals surface area contributed by atoms with Crippen molar-refractivity contribution in [2.24, 2.45) is 0 Å². The predicted octanol–water partition coefficient (Wildman–Crippen LogP) is 4.95. The Hall–Kier alpha value is -2.43. The number of hydrogen-bond donors (Lipinski definition) is 0. The maximum absolute atomic E-state index is 12.6. The highest BCUT2D eigenvalue weighted by atomic mass is 19.4. The summed E-state index contributed by atoms with van der Waals surface area (Å²) in [6.45, 7) is 0. The van der Waals surface area contributed by atoms with Crippen molar-refractivity contribution in [3.8, 4) is 11.5 Å². The van der Waals surface area contributed by atoms with Crippen LogP contribution >= 0.6 is 0 Å². The van der Waals surface area contributed by atoms with E-state index in [2.05, 4.69) is 0 Å². The van der Waals surface area contributed by atoms with E-state index in [4.69, 9.17) is 9.47 Å². The van der Waals surface area contributed by atoms with Gasteiger partial charge in [-0.2, -0.15) is 13.2 Å². The maximum atomic E-state index is 12.6. The summed E-state index contributed by atoms with van der Waals surface area (Å²) in [5.74, 6) is 0.719. The van der Waals surface area contributed by atoms with Crippen LogP contribution in [0.15, 0.2) is 60.7 Å². The third-order valence-electron chi connectivity index (χ3n) is 3.41. The Morgan fingerprint density at radius 3 is 2.09 bits per heavy atom. The molecule has 0 heterocycles. The fourth-order valence-electron chi connectivity index (χ4n) is 2.27. The van der Waals surface area contributed by atoms with Gasteiger partial charge in [-0.1, -0.05) is 30.3 Å². The van der Waals surface area contributed by atoms with E-state index in [1.807, 2.05) is 0 Å². The van der Waals surface area contributed by atoms with Crippen LogP contribution in [0.3, 0.4) is 0 Å². The predicted molar refractivity (Wildman–Crippen MR) is 83.0 cm³/mol. The quantitative estimate of drug-likeness (QED) is 0.725. The molecule has 0 amide bonds. The Kier molecular flexibility index (Phi) is 5.32. The summed E-state index contributed by atoms with van der Waals surface area (Å²) in [6.07, 6.45) is -2.94. The van der Waals surface area contributed by atoms with Crippen molar-refractivity contribution in [2.75, 3.05) is 14.2 Å². The number of ether oxygens (including phenoxy) is 2.